The van der Waals surface area contributed by atoms with Crippen LogP contribution in [0.2, 0.25) is 0 Å². The Morgan fingerprint density at radius 3 is 1.96 bits per heavy atom. The SMILES string of the molecule is C=CCN=C(CCl)C(C)N(Cc1ccccc1)Cc1ccccc1. The zero-order valence-corrected chi connectivity index (χ0v) is 15.0. The molecule has 0 radical (unpaired) electrons. The summed E-state index contributed by atoms with van der Waals surface area (Å²) in [6.45, 7) is 8.25. The Balaban J connectivity index is 2.22. The minimum absolute atomic E-state index is 0.169. The van der Waals surface area contributed by atoms with Gasteiger partial charge in [0.05, 0.1) is 12.4 Å². The van der Waals surface area contributed by atoms with Gasteiger partial charge >= 0.3 is 0 Å². The van der Waals surface area contributed by atoms with Crippen molar-refractivity contribution in [1.29, 1.82) is 0 Å². The molecule has 0 heterocycles. The van der Waals surface area contributed by atoms with Gasteiger partial charge in [0.15, 0.2) is 0 Å². The zero-order valence-electron chi connectivity index (χ0n) is 14.2. The number of nitrogens with zero attached hydrogens (tertiary/aromatic N) is 2. The van der Waals surface area contributed by atoms with Crippen molar-refractivity contribution in [3.63, 3.8) is 0 Å². The van der Waals surface area contributed by atoms with Gasteiger partial charge in [-0.3, -0.25) is 9.89 Å². The van der Waals surface area contributed by atoms with Crippen molar-refractivity contribution in [2.75, 3.05) is 12.4 Å². The summed E-state index contributed by atoms with van der Waals surface area (Å²) in [5, 5.41) is 0. The first kappa shape index (κ1) is 18.4. The number of alkyl halides is 1. The van der Waals surface area contributed by atoms with Crippen LogP contribution in [0.4, 0.5) is 0 Å². The maximum atomic E-state index is 6.16. The second-order valence-electron chi connectivity index (χ2n) is 5.81. The van der Waals surface area contributed by atoms with Crippen molar-refractivity contribution in [3.8, 4) is 0 Å². The lowest BCUT2D eigenvalue weighted by molar-refractivity contribution is 0.234. The highest BCUT2D eigenvalue weighted by Gasteiger charge is 2.19. The molecule has 126 valence electrons. The molecule has 0 saturated carbocycles. The summed E-state index contributed by atoms with van der Waals surface area (Å²) in [6, 6.07) is 21.2. The summed E-state index contributed by atoms with van der Waals surface area (Å²) in [7, 11) is 0. The van der Waals surface area contributed by atoms with Crippen molar-refractivity contribution in [2.24, 2.45) is 4.99 Å². The average Bonchev–Trinajstić information content (AvgIpc) is 2.63. The molecule has 2 rings (SSSR count). The Bertz CT molecular complexity index is 596. The number of halogens is 1. The van der Waals surface area contributed by atoms with Crippen molar-refractivity contribution in [2.45, 2.75) is 26.1 Å². The summed E-state index contributed by atoms with van der Waals surface area (Å²) in [6.07, 6.45) is 1.80. The van der Waals surface area contributed by atoms with Gasteiger partial charge in [-0.2, -0.15) is 0 Å². The van der Waals surface area contributed by atoms with Gasteiger partial charge in [0, 0.05) is 24.8 Å². The summed E-state index contributed by atoms with van der Waals surface area (Å²) in [4.78, 5) is 7.00. The number of benzene rings is 2. The largest absolute Gasteiger partial charge is 0.287 e. The molecule has 24 heavy (non-hydrogen) atoms. The predicted octanol–water partition coefficient (Wildman–Crippen LogP) is 4.94. The number of aliphatic imine (C=N–C) groups is 1. The third-order valence-electron chi connectivity index (χ3n) is 4.05. The fourth-order valence-corrected chi connectivity index (χ4v) is 2.95. The standard InChI is InChI=1S/C21H25ClN2/c1-3-14-23-21(15-22)18(2)24(16-19-10-6-4-7-11-19)17-20-12-8-5-9-13-20/h3-13,18H,1,14-17H2,2H3. The van der Waals surface area contributed by atoms with E-state index in [9.17, 15) is 0 Å². The maximum Gasteiger partial charge on any atom is 0.0619 e. The molecule has 0 aromatic heterocycles. The molecule has 0 aliphatic heterocycles. The molecule has 0 spiro atoms. The van der Waals surface area contributed by atoms with E-state index in [0.29, 0.717) is 12.4 Å². The van der Waals surface area contributed by atoms with E-state index in [0.717, 1.165) is 18.8 Å². The van der Waals surface area contributed by atoms with E-state index in [-0.39, 0.29) is 6.04 Å². The number of hydrogen-bond donors (Lipinski definition) is 0. The second kappa shape index (κ2) is 10.1. The Hall–Kier alpha value is -1.90. The summed E-state index contributed by atoms with van der Waals surface area (Å²) >= 11 is 6.16. The van der Waals surface area contributed by atoms with Crippen molar-refractivity contribution < 1.29 is 0 Å². The van der Waals surface area contributed by atoms with Crippen molar-refractivity contribution >= 4 is 17.3 Å². The van der Waals surface area contributed by atoms with Gasteiger partial charge < -0.3 is 0 Å². The molecule has 0 fully saturated rings. The number of hydrogen-bond acceptors (Lipinski definition) is 2. The monoisotopic (exact) mass is 340 g/mol. The summed E-state index contributed by atoms with van der Waals surface area (Å²) < 4.78 is 0. The minimum atomic E-state index is 0.169. The third kappa shape index (κ3) is 5.63. The van der Waals surface area contributed by atoms with Crippen LogP contribution in [0.25, 0.3) is 0 Å². The Morgan fingerprint density at radius 2 is 1.54 bits per heavy atom. The molecule has 0 aliphatic rings. The fraction of sp³-hybridized carbons (Fsp3) is 0.286. The second-order valence-corrected chi connectivity index (χ2v) is 6.07. The van der Waals surface area contributed by atoms with Crippen LogP contribution in [-0.4, -0.2) is 29.1 Å². The molecular weight excluding hydrogens is 316 g/mol. The van der Waals surface area contributed by atoms with Crippen LogP contribution < -0.4 is 0 Å². The van der Waals surface area contributed by atoms with E-state index >= 15 is 0 Å². The van der Waals surface area contributed by atoms with Gasteiger partial charge in [-0.25, -0.2) is 0 Å². The highest BCUT2D eigenvalue weighted by Crippen LogP contribution is 2.15. The quantitative estimate of drug-likeness (QED) is 0.358. The normalized spacial score (nSPS) is 13.0. The highest BCUT2D eigenvalue weighted by atomic mass is 35.5. The molecule has 2 nitrogen and oxygen atoms in total. The van der Waals surface area contributed by atoms with E-state index < -0.39 is 0 Å². The van der Waals surface area contributed by atoms with E-state index in [2.05, 4.69) is 71.9 Å². The van der Waals surface area contributed by atoms with E-state index in [1.54, 1.807) is 6.08 Å². The molecule has 3 heteroatoms. The van der Waals surface area contributed by atoms with Crippen LogP contribution >= 0.6 is 11.6 Å². The molecule has 2 aromatic rings. The van der Waals surface area contributed by atoms with Crippen molar-refractivity contribution in [3.05, 3.63) is 84.4 Å². The lowest BCUT2D eigenvalue weighted by atomic mass is 10.1. The van der Waals surface area contributed by atoms with Gasteiger partial charge in [-0.15, -0.1) is 18.2 Å². The lowest BCUT2D eigenvalue weighted by Gasteiger charge is -2.30. The van der Waals surface area contributed by atoms with Crippen LogP contribution in [0.3, 0.4) is 0 Å². The lowest BCUT2D eigenvalue weighted by Crippen LogP contribution is -2.39. The van der Waals surface area contributed by atoms with Crippen molar-refractivity contribution in [1.82, 2.24) is 4.90 Å². The van der Waals surface area contributed by atoms with Crippen LogP contribution in [0.15, 0.2) is 78.3 Å². The predicted molar refractivity (Wildman–Crippen MR) is 105 cm³/mol. The van der Waals surface area contributed by atoms with Gasteiger partial charge in [0.1, 0.15) is 0 Å². The molecule has 0 N–H and O–H groups in total. The van der Waals surface area contributed by atoms with Crippen LogP contribution in [-0.2, 0) is 13.1 Å². The van der Waals surface area contributed by atoms with Gasteiger partial charge in [-0.1, -0.05) is 66.7 Å². The molecule has 0 bridgehead atoms. The molecule has 1 atom stereocenters. The van der Waals surface area contributed by atoms with E-state index in [4.69, 9.17) is 11.6 Å². The Labute approximate surface area is 150 Å². The first-order valence-electron chi connectivity index (χ1n) is 8.26. The minimum Gasteiger partial charge on any atom is -0.287 e. The average molecular weight is 341 g/mol. The molecule has 1 unspecified atom stereocenters. The molecule has 0 aliphatic carbocycles. The van der Waals surface area contributed by atoms with E-state index in [1.165, 1.54) is 11.1 Å². The fourth-order valence-electron chi connectivity index (χ4n) is 2.64. The first-order chi connectivity index (χ1) is 11.7. The molecular formula is C21H25ClN2. The van der Waals surface area contributed by atoms with Gasteiger partial charge in [0.25, 0.3) is 0 Å². The summed E-state index contributed by atoms with van der Waals surface area (Å²) in [5.41, 5.74) is 3.58. The van der Waals surface area contributed by atoms with E-state index in [1.807, 2.05) is 12.1 Å². The molecule has 0 saturated heterocycles. The smallest absolute Gasteiger partial charge is 0.0619 e. The van der Waals surface area contributed by atoms with Crippen LogP contribution in [0.1, 0.15) is 18.1 Å². The Kier molecular flexibility index (Phi) is 7.73. The third-order valence-corrected chi connectivity index (χ3v) is 4.32. The topological polar surface area (TPSA) is 15.6 Å². The van der Waals surface area contributed by atoms with Crippen LogP contribution in [0.5, 0.6) is 0 Å². The summed E-state index contributed by atoms with van der Waals surface area (Å²) in [5.74, 6) is 0.440. The Morgan fingerprint density at radius 1 is 1.04 bits per heavy atom. The molecule has 0 amide bonds. The van der Waals surface area contributed by atoms with Gasteiger partial charge in [0.2, 0.25) is 0 Å². The number of rotatable bonds is 9. The zero-order chi connectivity index (χ0) is 17.2. The highest BCUT2D eigenvalue weighted by molar-refractivity contribution is 6.29. The first-order valence-corrected chi connectivity index (χ1v) is 8.80. The van der Waals surface area contributed by atoms with Crippen LogP contribution in [0, 0.1) is 0 Å². The molecule has 2 aromatic carbocycles. The van der Waals surface area contributed by atoms with Gasteiger partial charge in [-0.05, 0) is 18.1 Å². The maximum absolute atomic E-state index is 6.16.